The summed E-state index contributed by atoms with van der Waals surface area (Å²) in [5.74, 6) is 0. The topological polar surface area (TPSA) is 28.4 Å². The highest BCUT2D eigenvalue weighted by Gasteiger charge is 2.24. The van der Waals surface area contributed by atoms with Gasteiger partial charge in [-0.25, -0.2) is 0 Å². The molecule has 1 aliphatic carbocycles. The van der Waals surface area contributed by atoms with E-state index in [0.717, 1.165) is 32.5 Å². The summed E-state index contributed by atoms with van der Waals surface area (Å²) in [7, 11) is 0. The molecule has 0 unspecified atom stereocenters. The van der Waals surface area contributed by atoms with E-state index in [9.17, 15) is 5.11 Å². The molecule has 3 heteroatoms. The normalized spacial score (nSPS) is 16.5. The molecule has 1 heterocycles. The fraction of sp³-hybridized carbons (Fsp3) is 0.571. The fourth-order valence-corrected chi connectivity index (χ4v) is 4.72. The van der Waals surface area contributed by atoms with Crippen LogP contribution in [0.3, 0.4) is 0 Å². The van der Waals surface area contributed by atoms with Crippen LogP contribution in [0.25, 0.3) is 0 Å². The molecule has 1 aliphatic rings. The van der Waals surface area contributed by atoms with E-state index in [0.29, 0.717) is 6.04 Å². The third-order valence-electron chi connectivity index (χ3n) is 6.70. The Hall–Kier alpha value is -1.84. The number of aliphatic hydroxyl groups excluding tert-OH is 1. The summed E-state index contributed by atoms with van der Waals surface area (Å²) in [6.45, 7) is 13.1. The van der Waals surface area contributed by atoms with Gasteiger partial charge in [-0.1, -0.05) is 70.4 Å². The highest BCUT2D eigenvalue weighted by Crippen LogP contribution is 2.26. The smallest absolute Gasteiger partial charge is 0.0670 e. The van der Waals surface area contributed by atoms with Crippen molar-refractivity contribution in [1.82, 2.24) is 9.47 Å². The summed E-state index contributed by atoms with van der Waals surface area (Å²) in [5, 5.41) is 10.6. The van der Waals surface area contributed by atoms with Gasteiger partial charge >= 0.3 is 0 Å². The van der Waals surface area contributed by atoms with Gasteiger partial charge in [0.25, 0.3) is 0 Å². The molecule has 1 saturated carbocycles. The van der Waals surface area contributed by atoms with Gasteiger partial charge in [0.2, 0.25) is 0 Å². The second kappa shape index (κ2) is 11.2. The lowest BCUT2D eigenvalue weighted by atomic mass is 9.87. The number of aliphatic hydroxyl groups is 1. The second-order valence-corrected chi connectivity index (χ2v) is 10.3. The molecule has 1 aromatic carbocycles. The minimum Gasteiger partial charge on any atom is -0.392 e. The number of rotatable bonds is 10. The highest BCUT2D eigenvalue weighted by atomic mass is 16.3. The average molecular weight is 423 g/mol. The molecule has 0 aliphatic heterocycles. The molecule has 2 aromatic rings. The Morgan fingerprint density at radius 2 is 1.84 bits per heavy atom. The number of aromatic nitrogens is 1. The maximum atomic E-state index is 10.6. The summed E-state index contributed by atoms with van der Waals surface area (Å²) in [5.41, 5.74) is 4.23. The molecule has 3 rings (SSSR count). The van der Waals surface area contributed by atoms with E-state index in [4.69, 9.17) is 0 Å². The van der Waals surface area contributed by atoms with Crippen LogP contribution >= 0.6 is 0 Å². The number of allylic oxidation sites excluding steroid dienone is 1. The van der Waals surface area contributed by atoms with Crippen LogP contribution < -0.4 is 0 Å². The second-order valence-electron chi connectivity index (χ2n) is 10.3. The molecule has 1 fully saturated rings. The third-order valence-corrected chi connectivity index (χ3v) is 6.70. The van der Waals surface area contributed by atoms with Crippen molar-refractivity contribution in [2.45, 2.75) is 96.4 Å². The predicted molar refractivity (Wildman–Crippen MR) is 131 cm³/mol. The summed E-state index contributed by atoms with van der Waals surface area (Å²) >= 11 is 0. The quantitative estimate of drug-likeness (QED) is 0.455. The van der Waals surface area contributed by atoms with Crippen LogP contribution in [-0.4, -0.2) is 33.3 Å². The van der Waals surface area contributed by atoms with Crippen molar-refractivity contribution in [3.63, 3.8) is 0 Å². The maximum absolute atomic E-state index is 10.6. The first-order valence-electron chi connectivity index (χ1n) is 12.1. The highest BCUT2D eigenvalue weighted by molar-refractivity contribution is 5.28. The van der Waals surface area contributed by atoms with Gasteiger partial charge in [0.1, 0.15) is 0 Å². The summed E-state index contributed by atoms with van der Waals surface area (Å²) < 4.78 is 2.37. The van der Waals surface area contributed by atoms with Crippen LogP contribution in [0.5, 0.6) is 0 Å². The van der Waals surface area contributed by atoms with Crippen molar-refractivity contribution in [2.75, 3.05) is 6.54 Å². The molecule has 0 saturated heterocycles. The largest absolute Gasteiger partial charge is 0.392 e. The van der Waals surface area contributed by atoms with Crippen LogP contribution in [0.1, 0.15) is 82.5 Å². The van der Waals surface area contributed by atoms with E-state index in [-0.39, 0.29) is 11.5 Å². The standard InChI is InChI=1S/C28H42N2O/c1-5-6-14-27(31)22-30(25-11-8-7-9-12-25)21-26-13-10-19-29(26)20-23-15-17-24(18-16-23)28(2,3)4/h5,10,13,15-19,25,27,31H,1,6-9,11-12,14,20-22H2,2-4H3/t27-/m1/s1. The van der Waals surface area contributed by atoms with Gasteiger partial charge in [0, 0.05) is 37.6 Å². The Bertz CT molecular complexity index is 793. The number of nitrogens with zero attached hydrogens (tertiary/aromatic N) is 2. The zero-order valence-electron chi connectivity index (χ0n) is 19.9. The lowest BCUT2D eigenvalue weighted by Gasteiger charge is -2.36. The number of benzene rings is 1. The van der Waals surface area contributed by atoms with Gasteiger partial charge in [-0.15, -0.1) is 6.58 Å². The third kappa shape index (κ3) is 7.08. The van der Waals surface area contributed by atoms with E-state index in [1.54, 1.807) is 0 Å². The maximum Gasteiger partial charge on any atom is 0.0670 e. The van der Waals surface area contributed by atoms with Gasteiger partial charge in [-0.2, -0.15) is 0 Å². The Balaban J connectivity index is 1.70. The molecular formula is C28H42N2O. The first-order valence-corrected chi connectivity index (χ1v) is 12.1. The monoisotopic (exact) mass is 422 g/mol. The van der Waals surface area contributed by atoms with Crippen molar-refractivity contribution >= 4 is 0 Å². The fourth-order valence-electron chi connectivity index (χ4n) is 4.72. The molecule has 1 aromatic heterocycles. The van der Waals surface area contributed by atoms with Crippen molar-refractivity contribution in [1.29, 1.82) is 0 Å². The minimum absolute atomic E-state index is 0.185. The summed E-state index contributed by atoms with van der Waals surface area (Å²) in [6.07, 6.45) is 12.0. The van der Waals surface area contributed by atoms with Gasteiger partial charge < -0.3 is 9.67 Å². The Labute approximate surface area is 189 Å². The number of hydrogen-bond donors (Lipinski definition) is 1. The minimum atomic E-state index is -0.284. The van der Waals surface area contributed by atoms with Gasteiger partial charge in [-0.3, -0.25) is 4.90 Å². The van der Waals surface area contributed by atoms with Crippen LogP contribution in [0.4, 0.5) is 0 Å². The predicted octanol–water partition coefficient (Wildman–Crippen LogP) is 6.30. The molecule has 0 radical (unpaired) electrons. The van der Waals surface area contributed by atoms with Gasteiger partial charge in [0.05, 0.1) is 6.10 Å². The van der Waals surface area contributed by atoms with E-state index in [1.165, 1.54) is 48.9 Å². The zero-order valence-corrected chi connectivity index (χ0v) is 19.9. The van der Waals surface area contributed by atoms with Gasteiger partial charge in [-0.05, 0) is 54.4 Å². The van der Waals surface area contributed by atoms with E-state index < -0.39 is 0 Å². The van der Waals surface area contributed by atoms with Gasteiger partial charge in [0.15, 0.2) is 0 Å². The zero-order chi connectivity index (χ0) is 22.3. The Morgan fingerprint density at radius 3 is 2.48 bits per heavy atom. The summed E-state index contributed by atoms with van der Waals surface area (Å²) in [4.78, 5) is 2.54. The molecule has 3 nitrogen and oxygen atoms in total. The molecule has 1 atom stereocenters. The SMILES string of the molecule is C=CCC[C@@H](O)CN(Cc1cccn1Cc1ccc(C(C)(C)C)cc1)C1CCCCC1. The van der Waals surface area contributed by atoms with E-state index >= 15 is 0 Å². The number of hydrogen-bond acceptors (Lipinski definition) is 2. The van der Waals surface area contributed by atoms with Crippen molar-refractivity contribution in [3.05, 3.63) is 72.1 Å². The molecule has 170 valence electrons. The average Bonchev–Trinajstić information content (AvgIpc) is 3.18. The molecule has 0 spiro atoms. The van der Waals surface area contributed by atoms with Crippen LogP contribution in [0.15, 0.2) is 55.3 Å². The lowest BCUT2D eigenvalue weighted by molar-refractivity contribution is 0.0624. The molecule has 0 bridgehead atoms. The first-order chi connectivity index (χ1) is 14.9. The molecule has 0 amide bonds. The molecule has 1 N–H and O–H groups in total. The summed E-state index contributed by atoms with van der Waals surface area (Å²) in [6, 6.07) is 14.1. The van der Waals surface area contributed by atoms with Crippen LogP contribution in [-0.2, 0) is 18.5 Å². The van der Waals surface area contributed by atoms with Crippen LogP contribution in [0.2, 0.25) is 0 Å². The van der Waals surface area contributed by atoms with Crippen LogP contribution in [0, 0.1) is 0 Å². The van der Waals surface area contributed by atoms with Crippen molar-refractivity contribution < 1.29 is 5.11 Å². The lowest BCUT2D eigenvalue weighted by Crippen LogP contribution is -2.41. The van der Waals surface area contributed by atoms with E-state index in [1.807, 2.05) is 6.08 Å². The van der Waals surface area contributed by atoms with Crippen molar-refractivity contribution in [3.8, 4) is 0 Å². The first kappa shape index (κ1) is 23.8. The van der Waals surface area contributed by atoms with E-state index in [2.05, 4.69) is 79.4 Å². The van der Waals surface area contributed by atoms with Crippen molar-refractivity contribution in [2.24, 2.45) is 0 Å². The molecule has 31 heavy (non-hydrogen) atoms. The molecular weight excluding hydrogens is 380 g/mol. The Kier molecular flexibility index (Phi) is 8.57. The Morgan fingerprint density at radius 1 is 1.13 bits per heavy atom.